The topological polar surface area (TPSA) is 34.5 Å². The second-order valence-corrected chi connectivity index (χ2v) is 7.00. The second-order valence-electron chi connectivity index (χ2n) is 7.00. The summed E-state index contributed by atoms with van der Waals surface area (Å²) in [7, 11) is 1.60. The van der Waals surface area contributed by atoms with E-state index in [1.54, 1.807) is 7.11 Å². The van der Waals surface area contributed by atoms with E-state index in [2.05, 4.69) is 54.9 Å². The van der Waals surface area contributed by atoms with E-state index < -0.39 is 0 Å². The summed E-state index contributed by atoms with van der Waals surface area (Å²) < 4.78 is 7.62. The molecule has 0 N–H and O–H groups in total. The molecule has 146 valence electrons. The van der Waals surface area contributed by atoms with Crippen molar-refractivity contribution in [2.45, 2.75) is 39.4 Å². The van der Waals surface area contributed by atoms with Crippen LogP contribution in [0.3, 0.4) is 0 Å². The fraction of sp³-hybridized carbons (Fsp3) is 0.292. The van der Waals surface area contributed by atoms with Crippen LogP contribution in [-0.4, -0.2) is 28.5 Å². The van der Waals surface area contributed by atoms with Crippen LogP contribution < -0.4 is 4.74 Å². The molecule has 1 unspecified atom stereocenters. The molecule has 2 aromatic carbocycles. The van der Waals surface area contributed by atoms with E-state index in [9.17, 15) is 4.79 Å². The largest absolute Gasteiger partial charge is 0.496 e. The average Bonchev–Trinajstić information content (AvgIpc) is 3.18. The quantitative estimate of drug-likeness (QED) is 0.555. The number of rotatable bonds is 8. The van der Waals surface area contributed by atoms with E-state index in [0.29, 0.717) is 17.9 Å². The normalized spacial score (nSPS) is 11.8. The molecule has 1 amide bonds. The number of hydrogen-bond donors (Lipinski definition) is 0. The third kappa shape index (κ3) is 4.45. The van der Waals surface area contributed by atoms with Crippen molar-refractivity contribution in [3.8, 4) is 5.75 Å². The summed E-state index contributed by atoms with van der Waals surface area (Å²) in [6.07, 6.45) is 2.96. The summed E-state index contributed by atoms with van der Waals surface area (Å²) in [6.45, 7) is 5.56. The van der Waals surface area contributed by atoms with Gasteiger partial charge in [-0.2, -0.15) is 0 Å². The fourth-order valence-electron chi connectivity index (χ4n) is 3.33. The molecule has 3 aromatic rings. The van der Waals surface area contributed by atoms with Crippen LogP contribution in [0.1, 0.15) is 41.9 Å². The van der Waals surface area contributed by atoms with Gasteiger partial charge in [0.25, 0.3) is 5.91 Å². The summed E-state index contributed by atoms with van der Waals surface area (Å²) in [4.78, 5) is 15.3. The first-order valence-corrected chi connectivity index (χ1v) is 9.76. The smallest absolute Gasteiger partial charge is 0.258 e. The Hall–Kier alpha value is -3.01. The molecule has 0 aliphatic rings. The molecule has 4 nitrogen and oxygen atoms in total. The van der Waals surface area contributed by atoms with Gasteiger partial charge in [-0.05, 0) is 43.2 Å². The molecule has 0 saturated carbocycles. The molecule has 1 aromatic heterocycles. The minimum absolute atomic E-state index is 0.000684. The van der Waals surface area contributed by atoms with Crippen LogP contribution in [0, 0.1) is 0 Å². The third-order valence-corrected chi connectivity index (χ3v) is 5.17. The highest BCUT2D eigenvalue weighted by atomic mass is 16.5. The molecule has 0 saturated heterocycles. The monoisotopic (exact) mass is 376 g/mol. The summed E-state index contributed by atoms with van der Waals surface area (Å²) >= 11 is 0. The summed E-state index contributed by atoms with van der Waals surface area (Å²) in [6, 6.07) is 22.1. The maximum atomic E-state index is 13.4. The fourth-order valence-corrected chi connectivity index (χ4v) is 3.33. The standard InChI is InChI=1S/C24H28N2O2/c1-4-19(2)26(24(27)22-14-8-9-15-23(22)28-3)18-21-13-10-16-25(21)17-20-11-6-5-7-12-20/h5-16,19H,4,17-18H2,1-3H3. The lowest BCUT2D eigenvalue weighted by molar-refractivity contribution is 0.0663. The second kappa shape index (κ2) is 9.27. The number of para-hydroxylation sites is 1. The van der Waals surface area contributed by atoms with Gasteiger partial charge < -0.3 is 14.2 Å². The number of aromatic nitrogens is 1. The first-order valence-electron chi connectivity index (χ1n) is 9.76. The Labute approximate surface area is 167 Å². The zero-order valence-electron chi connectivity index (χ0n) is 16.8. The number of amides is 1. The average molecular weight is 377 g/mol. The molecule has 3 rings (SSSR count). The van der Waals surface area contributed by atoms with Crippen LogP contribution >= 0.6 is 0 Å². The highest BCUT2D eigenvalue weighted by Crippen LogP contribution is 2.23. The third-order valence-electron chi connectivity index (χ3n) is 5.17. The van der Waals surface area contributed by atoms with E-state index in [0.717, 1.165) is 18.7 Å². The van der Waals surface area contributed by atoms with Crippen molar-refractivity contribution in [1.82, 2.24) is 9.47 Å². The van der Waals surface area contributed by atoms with Crippen LogP contribution in [0.5, 0.6) is 5.75 Å². The van der Waals surface area contributed by atoms with Crippen molar-refractivity contribution >= 4 is 5.91 Å². The molecule has 1 atom stereocenters. The Balaban J connectivity index is 1.86. The van der Waals surface area contributed by atoms with Crippen LogP contribution in [0.25, 0.3) is 0 Å². The van der Waals surface area contributed by atoms with Crippen molar-refractivity contribution in [3.63, 3.8) is 0 Å². The van der Waals surface area contributed by atoms with Gasteiger partial charge in [-0.1, -0.05) is 49.4 Å². The molecule has 0 bridgehead atoms. The lowest BCUT2D eigenvalue weighted by Gasteiger charge is -2.30. The number of methoxy groups -OCH3 is 1. The Morgan fingerprint density at radius 1 is 1.04 bits per heavy atom. The van der Waals surface area contributed by atoms with Crippen molar-refractivity contribution in [3.05, 3.63) is 89.7 Å². The van der Waals surface area contributed by atoms with Crippen LogP contribution in [-0.2, 0) is 13.1 Å². The number of carbonyl (C=O) groups is 1. The van der Waals surface area contributed by atoms with E-state index >= 15 is 0 Å². The number of carbonyl (C=O) groups excluding carboxylic acids is 1. The van der Waals surface area contributed by atoms with Gasteiger partial charge in [0.05, 0.1) is 19.2 Å². The maximum absolute atomic E-state index is 13.4. The van der Waals surface area contributed by atoms with Crippen LogP contribution in [0.4, 0.5) is 0 Å². The van der Waals surface area contributed by atoms with Crippen LogP contribution in [0.15, 0.2) is 72.9 Å². The molecule has 28 heavy (non-hydrogen) atoms. The lowest BCUT2D eigenvalue weighted by atomic mass is 10.1. The molecule has 0 aliphatic heterocycles. The van der Waals surface area contributed by atoms with Crippen molar-refractivity contribution in [2.24, 2.45) is 0 Å². The number of ether oxygens (including phenoxy) is 1. The van der Waals surface area contributed by atoms with E-state index in [4.69, 9.17) is 4.74 Å². The Morgan fingerprint density at radius 3 is 2.46 bits per heavy atom. The Bertz CT molecular complexity index is 902. The number of nitrogens with zero attached hydrogens (tertiary/aromatic N) is 2. The van der Waals surface area contributed by atoms with Gasteiger partial charge in [-0.25, -0.2) is 0 Å². The first kappa shape index (κ1) is 19.7. The number of hydrogen-bond acceptors (Lipinski definition) is 2. The SMILES string of the molecule is CCC(C)N(Cc1cccn1Cc1ccccc1)C(=O)c1ccccc1OC. The highest BCUT2D eigenvalue weighted by molar-refractivity contribution is 5.97. The number of benzene rings is 2. The minimum Gasteiger partial charge on any atom is -0.496 e. The zero-order chi connectivity index (χ0) is 19.9. The van der Waals surface area contributed by atoms with Crippen molar-refractivity contribution in [2.75, 3.05) is 7.11 Å². The highest BCUT2D eigenvalue weighted by Gasteiger charge is 2.24. The summed E-state index contributed by atoms with van der Waals surface area (Å²) in [5.41, 5.74) is 2.96. The van der Waals surface area contributed by atoms with E-state index in [1.165, 1.54) is 5.56 Å². The van der Waals surface area contributed by atoms with Gasteiger partial charge in [-0.3, -0.25) is 4.79 Å². The molecule has 0 spiro atoms. The van der Waals surface area contributed by atoms with Gasteiger partial charge in [0.1, 0.15) is 5.75 Å². The van der Waals surface area contributed by atoms with Gasteiger partial charge in [0.2, 0.25) is 0 Å². The molecular weight excluding hydrogens is 348 g/mol. The zero-order valence-corrected chi connectivity index (χ0v) is 16.8. The molecule has 0 fully saturated rings. The molecule has 0 aliphatic carbocycles. The first-order chi connectivity index (χ1) is 13.6. The lowest BCUT2D eigenvalue weighted by Crippen LogP contribution is -2.38. The maximum Gasteiger partial charge on any atom is 0.258 e. The van der Waals surface area contributed by atoms with Crippen molar-refractivity contribution in [1.29, 1.82) is 0 Å². The minimum atomic E-state index is -0.000684. The van der Waals surface area contributed by atoms with Gasteiger partial charge in [-0.15, -0.1) is 0 Å². The molecule has 4 heteroatoms. The predicted molar refractivity (Wildman–Crippen MR) is 113 cm³/mol. The van der Waals surface area contributed by atoms with Gasteiger partial charge in [0, 0.05) is 24.5 Å². The van der Waals surface area contributed by atoms with Crippen molar-refractivity contribution < 1.29 is 9.53 Å². The van der Waals surface area contributed by atoms with Crippen LogP contribution in [0.2, 0.25) is 0 Å². The molecule has 0 radical (unpaired) electrons. The predicted octanol–water partition coefficient (Wildman–Crippen LogP) is 4.99. The van der Waals surface area contributed by atoms with E-state index in [-0.39, 0.29) is 11.9 Å². The van der Waals surface area contributed by atoms with E-state index in [1.807, 2.05) is 41.3 Å². The molecule has 1 heterocycles. The summed E-state index contributed by atoms with van der Waals surface area (Å²) in [5, 5.41) is 0. The Kier molecular flexibility index (Phi) is 6.53. The van der Waals surface area contributed by atoms with Gasteiger partial charge >= 0.3 is 0 Å². The Morgan fingerprint density at radius 2 is 1.75 bits per heavy atom. The molecular formula is C24H28N2O2. The summed E-state index contributed by atoms with van der Waals surface area (Å²) in [5.74, 6) is 0.611. The van der Waals surface area contributed by atoms with Gasteiger partial charge in [0.15, 0.2) is 0 Å².